The van der Waals surface area contributed by atoms with Gasteiger partial charge in [0.2, 0.25) is 5.95 Å². The van der Waals surface area contributed by atoms with Crippen molar-refractivity contribution in [1.29, 1.82) is 0 Å². The number of carbonyl (C=O) groups excluding carboxylic acids is 1. The fourth-order valence-corrected chi connectivity index (χ4v) is 4.82. The first-order valence-corrected chi connectivity index (χ1v) is 12.2. The number of amides is 2. The zero-order valence-electron chi connectivity index (χ0n) is 18.2. The van der Waals surface area contributed by atoms with Gasteiger partial charge in [0, 0.05) is 41.0 Å². The lowest BCUT2D eigenvalue weighted by Gasteiger charge is -2.30. The van der Waals surface area contributed by atoms with E-state index in [0.717, 1.165) is 59.5 Å². The van der Waals surface area contributed by atoms with E-state index in [0.29, 0.717) is 6.04 Å². The third-order valence-electron chi connectivity index (χ3n) is 6.08. The summed E-state index contributed by atoms with van der Waals surface area (Å²) in [7, 11) is 4.11. The lowest BCUT2D eigenvalue weighted by Crippen LogP contribution is -2.42. The van der Waals surface area contributed by atoms with E-state index in [9.17, 15) is 4.79 Å². The van der Waals surface area contributed by atoms with Crippen molar-refractivity contribution in [3.05, 3.63) is 39.1 Å². The molecule has 0 atom stereocenters. The van der Waals surface area contributed by atoms with Gasteiger partial charge in [0.1, 0.15) is 5.82 Å². The highest BCUT2D eigenvalue weighted by Crippen LogP contribution is 2.29. The van der Waals surface area contributed by atoms with Gasteiger partial charge in [-0.2, -0.15) is 4.98 Å². The molecule has 8 heteroatoms. The third-order valence-corrected chi connectivity index (χ3v) is 6.80. The summed E-state index contributed by atoms with van der Waals surface area (Å²) >= 11 is 2.25. The molecule has 0 radical (unpaired) electrons. The molecule has 0 spiro atoms. The Morgan fingerprint density at radius 3 is 2.39 bits per heavy atom. The number of rotatable bonds is 5. The van der Waals surface area contributed by atoms with Crippen LogP contribution in [0.15, 0.2) is 24.3 Å². The summed E-state index contributed by atoms with van der Waals surface area (Å²) in [5.41, 5.74) is 3.33. The SMILES string of the molecule is CN(C)c1nc(NC2CCC(NC(=O)Nc3ccc(I)cc3)CC2)nc2c1CCCC2. The van der Waals surface area contributed by atoms with Gasteiger partial charge in [-0.15, -0.1) is 0 Å². The van der Waals surface area contributed by atoms with Crippen LogP contribution in [0.1, 0.15) is 49.8 Å². The van der Waals surface area contributed by atoms with Gasteiger partial charge in [0.15, 0.2) is 0 Å². The zero-order chi connectivity index (χ0) is 21.8. The molecule has 0 bridgehead atoms. The normalized spacial score (nSPS) is 20.5. The molecule has 4 rings (SSSR count). The zero-order valence-corrected chi connectivity index (χ0v) is 20.4. The first-order valence-electron chi connectivity index (χ1n) is 11.1. The van der Waals surface area contributed by atoms with Crippen LogP contribution in [0.5, 0.6) is 0 Å². The molecule has 2 aliphatic rings. The summed E-state index contributed by atoms with van der Waals surface area (Å²) in [5.74, 6) is 1.80. The van der Waals surface area contributed by atoms with Crippen molar-refractivity contribution in [3.8, 4) is 0 Å². The summed E-state index contributed by atoms with van der Waals surface area (Å²) in [6, 6.07) is 8.21. The van der Waals surface area contributed by atoms with E-state index in [-0.39, 0.29) is 12.1 Å². The van der Waals surface area contributed by atoms with Gasteiger partial charge in [0.05, 0.1) is 5.69 Å². The predicted molar refractivity (Wildman–Crippen MR) is 134 cm³/mol. The minimum atomic E-state index is -0.133. The average molecular weight is 534 g/mol. The summed E-state index contributed by atoms with van der Waals surface area (Å²) in [4.78, 5) is 24.1. The van der Waals surface area contributed by atoms with Gasteiger partial charge < -0.3 is 20.9 Å². The Balaban J connectivity index is 1.29. The van der Waals surface area contributed by atoms with Gasteiger partial charge in [-0.3, -0.25) is 0 Å². The number of hydrogen-bond donors (Lipinski definition) is 3. The van der Waals surface area contributed by atoms with Crippen LogP contribution < -0.4 is 20.9 Å². The number of benzene rings is 1. The van der Waals surface area contributed by atoms with Crippen LogP contribution in [0.4, 0.5) is 22.2 Å². The molecule has 31 heavy (non-hydrogen) atoms. The van der Waals surface area contributed by atoms with Crippen LogP contribution in [0.25, 0.3) is 0 Å². The molecular formula is C23H31IN6O. The van der Waals surface area contributed by atoms with E-state index >= 15 is 0 Å². The highest BCUT2D eigenvalue weighted by molar-refractivity contribution is 14.1. The van der Waals surface area contributed by atoms with Gasteiger partial charge in [-0.05, 0) is 98.2 Å². The van der Waals surface area contributed by atoms with Crippen LogP contribution in [-0.2, 0) is 12.8 Å². The van der Waals surface area contributed by atoms with Gasteiger partial charge in [0.25, 0.3) is 0 Å². The van der Waals surface area contributed by atoms with Crippen LogP contribution >= 0.6 is 22.6 Å². The average Bonchev–Trinajstić information content (AvgIpc) is 2.76. The maximum atomic E-state index is 12.3. The number of anilines is 3. The number of aromatic nitrogens is 2. The maximum absolute atomic E-state index is 12.3. The number of urea groups is 1. The highest BCUT2D eigenvalue weighted by Gasteiger charge is 2.24. The molecule has 1 aromatic heterocycles. The van der Waals surface area contributed by atoms with Crippen LogP contribution in [0.2, 0.25) is 0 Å². The Morgan fingerprint density at radius 1 is 1.00 bits per heavy atom. The summed E-state index contributed by atoms with van der Waals surface area (Å²) in [6.07, 6.45) is 8.42. The largest absolute Gasteiger partial charge is 0.362 e. The molecule has 3 N–H and O–H groups in total. The van der Waals surface area contributed by atoms with Crippen LogP contribution in [0, 0.1) is 3.57 Å². The Hall–Kier alpha value is -2.10. The van der Waals surface area contributed by atoms with E-state index in [4.69, 9.17) is 9.97 Å². The summed E-state index contributed by atoms with van der Waals surface area (Å²) < 4.78 is 1.15. The molecule has 1 fully saturated rings. The number of fused-ring (bicyclic) bond motifs is 1. The van der Waals surface area contributed by atoms with Crippen molar-refractivity contribution in [2.45, 2.75) is 63.5 Å². The molecule has 0 saturated heterocycles. The van der Waals surface area contributed by atoms with Crippen molar-refractivity contribution in [3.63, 3.8) is 0 Å². The first kappa shape index (κ1) is 22.1. The maximum Gasteiger partial charge on any atom is 0.319 e. The van der Waals surface area contributed by atoms with E-state index in [1.54, 1.807) is 0 Å². The Labute approximate surface area is 197 Å². The number of aryl methyl sites for hydroxylation is 1. The minimum absolute atomic E-state index is 0.133. The van der Waals surface area contributed by atoms with Crippen LogP contribution in [-0.4, -0.2) is 42.2 Å². The van der Waals surface area contributed by atoms with E-state index in [1.807, 2.05) is 24.3 Å². The van der Waals surface area contributed by atoms with Crippen LogP contribution in [0.3, 0.4) is 0 Å². The number of nitrogens with zero attached hydrogens (tertiary/aromatic N) is 3. The molecule has 2 aromatic rings. The van der Waals surface area contributed by atoms with E-state index < -0.39 is 0 Å². The monoisotopic (exact) mass is 534 g/mol. The predicted octanol–water partition coefficient (Wildman–Crippen LogP) is 4.57. The Morgan fingerprint density at radius 2 is 1.68 bits per heavy atom. The molecule has 7 nitrogen and oxygen atoms in total. The lowest BCUT2D eigenvalue weighted by molar-refractivity contribution is 0.243. The van der Waals surface area contributed by atoms with E-state index in [2.05, 4.69) is 57.5 Å². The minimum Gasteiger partial charge on any atom is -0.362 e. The molecule has 0 aliphatic heterocycles. The number of carbonyl (C=O) groups is 1. The third kappa shape index (κ3) is 5.78. The fraction of sp³-hybridized carbons (Fsp3) is 0.522. The van der Waals surface area contributed by atoms with Crippen molar-refractivity contribution >= 4 is 46.1 Å². The Kier molecular flexibility index (Phi) is 7.14. The number of nitrogens with one attached hydrogen (secondary N) is 3. The number of hydrogen-bond acceptors (Lipinski definition) is 5. The van der Waals surface area contributed by atoms with Crippen molar-refractivity contribution < 1.29 is 4.79 Å². The van der Waals surface area contributed by atoms with Gasteiger partial charge >= 0.3 is 6.03 Å². The molecule has 1 saturated carbocycles. The van der Waals surface area contributed by atoms with Gasteiger partial charge in [-0.1, -0.05) is 0 Å². The molecule has 166 valence electrons. The summed E-state index contributed by atoms with van der Waals surface area (Å²) in [5, 5.41) is 9.60. The smallest absolute Gasteiger partial charge is 0.319 e. The van der Waals surface area contributed by atoms with Crippen molar-refractivity contribution in [2.24, 2.45) is 0 Å². The fourth-order valence-electron chi connectivity index (χ4n) is 4.46. The molecule has 2 amide bonds. The Bertz CT molecular complexity index is 909. The second kappa shape index (κ2) is 10.0. The second-order valence-electron chi connectivity index (χ2n) is 8.70. The first-order chi connectivity index (χ1) is 15.0. The topological polar surface area (TPSA) is 82.2 Å². The standard InChI is InChI=1S/C23H31IN6O/c1-30(2)21-19-5-3-4-6-20(19)28-22(29-21)25-16-11-13-18(14-12-16)27-23(31)26-17-9-7-15(24)8-10-17/h7-10,16,18H,3-6,11-14H2,1-2H3,(H,25,28,29)(H2,26,27,31). The molecule has 1 aromatic carbocycles. The number of halogens is 1. The molecule has 0 unspecified atom stereocenters. The molecular weight excluding hydrogens is 503 g/mol. The van der Waals surface area contributed by atoms with Gasteiger partial charge in [-0.25, -0.2) is 9.78 Å². The lowest BCUT2D eigenvalue weighted by atomic mass is 9.91. The molecule has 2 aliphatic carbocycles. The van der Waals surface area contributed by atoms with Crippen molar-refractivity contribution in [2.75, 3.05) is 29.6 Å². The summed E-state index contributed by atoms with van der Waals surface area (Å²) in [6.45, 7) is 0. The highest BCUT2D eigenvalue weighted by atomic mass is 127. The second-order valence-corrected chi connectivity index (χ2v) is 9.94. The van der Waals surface area contributed by atoms with Crippen molar-refractivity contribution in [1.82, 2.24) is 15.3 Å². The molecule has 1 heterocycles. The quantitative estimate of drug-likeness (QED) is 0.490. The van der Waals surface area contributed by atoms with E-state index in [1.165, 1.54) is 24.1 Å².